The highest BCUT2D eigenvalue weighted by atomic mass is 28.4. The molecule has 0 saturated carbocycles. The summed E-state index contributed by atoms with van der Waals surface area (Å²) in [5, 5.41) is 0. The highest BCUT2D eigenvalue weighted by Crippen LogP contribution is 2.22. The molecule has 0 heterocycles. The number of rotatable bonds is 2. The molecule has 13 heavy (non-hydrogen) atoms. The van der Waals surface area contributed by atoms with Gasteiger partial charge < -0.3 is 0 Å². The molecule has 1 atom stereocenters. The molecule has 72 valence electrons. The van der Waals surface area contributed by atoms with Gasteiger partial charge in [0.15, 0.2) is 0 Å². The average Bonchev–Trinajstić information content (AvgIpc) is 2.01. The van der Waals surface area contributed by atoms with E-state index in [9.17, 15) is 8.22 Å². The molecule has 0 aliphatic rings. The third-order valence-corrected chi connectivity index (χ3v) is 3.29. The van der Waals surface area contributed by atoms with Crippen molar-refractivity contribution in [2.75, 3.05) is 0 Å². The van der Waals surface area contributed by atoms with E-state index < -0.39 is 15.0 Å². The maximum absolute atomic E-state index is 12.5. The molecule has 0 aliphatic heterocycles. The molecule has 0 bridgehead atoms. The molecule has 0 nitrogen and oxygen atoms in total. The molecule has 0 fully saturated rings. The fourth-order valence-electron chi connectivity index (χ4n) is 1.42. The number of halogens is 2. The predicted octanol–water partition coefficient (Wildman–Crippen LogP) is 3.11. The fraction of sp³-hybridized carbons (Fsp3) is 0.400. The summed E-state index contributed by atoms with van der Waals surface area (Å²) < 4.78 is 25.0. The van der Waals surface area contributed by atoms with Crippen molar-refractivity contribution in [2.45, 2.75) is 26.3 Å². The van der Waals surface area contributed by atoms with Crippen LogP contribution in [0, 0.1) is 13.8 Å². The summed E-state index contributed by atoms with van der Waals surface area (Å²) >= 11 is 0. The van der Waals surface area contributed by atoms with Gasteiger partial charge in [-0.3, -0.25) is 8.22 Å². The van der Waals surface area contributed by atoms with Crippen molar-refractivity contribution in [3.63, 3.8) is 0 Å². The Kier molecular flexibility index (Phi) is 3.20. The van der Waals surface area contributed by atoms with Gasteiger partial charge in [-0.2, -0.15) is 0 Å². The van der Waals surface area contributed by atoms with E-state index >= 15 is 0 Å². The summed E-state index contributed by atoms with van der Waals surface area (Å²) in [6.07, 6.45) is 0. The lowest BCUT2D eigenvalue weighted by Crippen LogP contribution is -2.10. The first-order chi connectivity index (χ1) is 6.00. The van der Waals surface area contributed by atoms with E-state index in [1.807, 2.05) is 32.0 Å². The van der Waals surface area contributed by atoms with Crippen LogP contribution in [0.25, 0.3) is 0 Å². The molecule has 1 unspecified atom stereocenters. The predicted molar refractivity (Wildman–Crippen MR) is 53.7 cm³/mol. The number of hydrogen-bond donors (Lipinski definition) is 0. The molecule has 0 saturated heterocycles. The zero-order valence-electron chi connectivity index (χ0n) is 8.14. The molecular weight excluding hydrogens is 186 g/mol. The van der Waals surface area contributed by atoms with Crippen LogP contribution in [0.15, 0.2) is 18.2 Å². The topological polar surface area (TPSA) is 0 Å². The lowest BCUT2D eigenvalue weighted by molar-refractivity contribution is 0.625. The van der Waals surface area contributed by atoms with Gasteiger partial charge in [0.2, 0.25) is 0 Å². The second kappa shape index (κ2) is 4.00. The fourth-order valence-corrected chi connectivity index (χ4v) is 1.90. The van der Waals surface area contributed by atoms with Crippen LogP contribution >= 0.6 is 0 Å². The highest BCUT2D eigenvalue weighted by molar-refractivity contribution is 6.44. The van der Waals surface area contributed by atoms with Gasteiger partial charge >= 0.3 is 9.46 Å². The van der Waals surface area contributed by atoms with Gasteiger partial charge in [0, 0.05) is 5.54 Å². The van der Waals surface area contributed by atoms with Crippen molar-refractivity contribution in [2.24, 2.45) is 0 Å². The third kappa shape index (κ3) is 2.62. The zero-order chi connectivity index (χ0) is 10.0. The monoisotopic (exact) mass is 200 g/mol. The SMILES string of the molecule is Cc1cc(C)cc(C(C)[SiH](F)F)c1. The van der Waals surface area contributed by atoms with Crippen molar-refractivity contribution in [3.8, 4) is 0 Å². The summed E-state index contributed by atoms with van der Waals surface area (Å²) in [6.45, 7) is 5.50. The van der Waals surface area contributed by atoms with E-state index in [4.69, 9.17) is 0 Å². The van der Waals surface area contributed by atoms with Crippen molar-refractivity contribution in [1.82, 2.24) is 0 Å². The quantitative estimate of drug-likeness (QED) is 0.508. The minimum absolute atomic E-state index is 0.529. The van der Waals surface area contributed by atoms with Crippen LogP contribution in [0.3, 0.4) is 0 Å². The lowest BCUT2D eigenvalue weighted by Gasteiger charge is -2.10. The summed E-state index contributed by atoms with van der Waals surface area (Å²) in [5.41, 5.74) is 2.39. The van der Waals surface area contributed by atoms with E-state index in [-0.39, 0.29) is 0 Å². The minimum Gasteiger partial charge on any atom is -0.274 e. The van der Waals surface area contributed by atoms with Crippen molar-refractivity contribution >= 4 is 9.46 Å². The van der Waals surface area contributed by atoms with Crippen molar-refractivity contribution in [3.05, 3.63) is 34.9 Å². The van der Waals surface area contributed by atoms with Crippen LogP contribution in [0.2, 0.25) is 0 Å². The van der Waals surface area contributed by atoms with Crippen LogP contribution < -0.4 is 0 Å². The summed E-state index contributed by atoms with van der Waals surface area (Å²) in [7, 11) is -3.53. The van der Waals surface area contributed by atoms with Crippen molar-refractivity contribution < 1.29 is 8.22 Å². The molecule has 1 aromatic rings. The Morgan fingerprint density at radius 2 is 1.54 bits per heavy atom. The Labute approximate surface area is 79.5 Å². The van der Waals surface area contributed by atoms with Gasteiger partial charge in [-0.1, -0.05) is 36.2 Å². The van der Waals surface area contributed by atoms with E-state index in [1.54, 1.807) is 6.92 Å². The van der Waals surface area contributed by atoms with E-state index in [2.05, 4.69) is 0 Å². The Bertz CT molecular complexity index is 277. The third-order valence-electron chi connectivity index (χ3n) is 2.15. The molecule has 0 radical (unpaired) electrons. The van der Waals surface area contributed by atoms with Gasteiger partial charge in [-0.15, -0.1) is 0 Å². The van der Waals surface area contributed by atoms with Crippen LogP contribution in [0.1, 0.15) is 29.2 Å². The van der Waals surface area contributed by atoms with Gasteiger partial charge in [0.25, 0.3) is 0 Å². The molecule has 0 aliphatic carbocycles. The van der Waals surface area contributed by atoms with Crippen molar-refractivity contribution in [1.29, 1.82) is 0 Å². The molecule has 0 spiro atoms. The van der Waals surface area contributed by atoms with Crippen LogP contribution in [-0.4, -0.2) is 9.46 Å². The number of benzene rings is 1. The smallest absolute Gasteiger partial charge is 0.274 e. The lowest BCUT2D eigenvalue weighted by atomic mass is 10.1. The largest absolute Gasteiger partial charge is 0.418 e. The van der Waals surface area contributed by atoms with Crippen LogP contribution in [-0.2, 0) is 0 Å². The van der Waals surface area contributed by atoms with Gasteiger partial charge in [-0.05, 0) is 19.4 Å². The Morgan fingerprint density at radius 3 is 1.92 bits per heavy atom. The average molecular weight is 200 g/mol. The number of hydrogen-bond acceptors (Lipinski definition) is 0. The molecule has 1 rings (SSSR count). The first kappa shape index (κ1) is 10.4. The van der Waals surface area contributed by atoms with Gasteiger partial charge in [0.1, 0.15) is 0 Å². The number of aryl methyl sites for hydroxylation is 2. The minimum atomic E-state index is -3.53. The second-order valence-electron chi connectivity index (χ2n) is 3.54. The summed E-state index contributed by atoms with van der Waals surface area (Å²) in [5.74, 6) is 0. The Morgan fingerprint density at radius 1 is 1.08 bits per heavy atom. The molecule has 0 aromatic heterocycles. The highest BCUT2D eigenvalue weighted by Gasteiger charge is 2.20. The first-order valence-corrected chi connectivity index (χ1v) is 5.91. The standard InChI is InChI=1S/C10H14F2Si/c1-7-4-8(2)6-10(5-7)9(3)13(11)12/h4-6,9,13H,1-3H3. The van der Waals surface area contributed by atoms with Gasteiger partial charge in [0.05, 0.1) is 0 Å². The van der Waals surface area contributed by atoms with Crippen LogP contribution in [0.5, 0.6) is 0 Å². The van der Waals surface area contributed by atoms with E-state index in [0.717, 1.165) is 16.7 Å². The second-order valence-corrected chi connectivity index (χ2v) is 5.21. The molecule has 1 aromatic carbocycles. The Balaban J connectivity index is 3.01. The van der Waals surface area contributed by atoms with Crippen LogP contribution in [0.4, 0.5) is 8.22 Å². The molecule has 3 heteroatoms. The Hall–Kier alpha value is -0.703. The maximum atomic E-state index is 12.5. The van der Waals surface area contributed by atoms with E-state index in [1.165, 1.54) is 0 Å². The molecule has 0 amide bonds. The normalized spacial score (nSPS) is 13.4. The molecule has 0 N–H and O–H groups in total. The zero-order valence-corrected chi connectivity index (χ0v) is 9.30. The first-order valence-electron chi connectivity index (χ1n) is 4.37. The van der Waals surface area contributed by atoms with Gasteiger partial charge in [-0.25, -0.2) is 0 Å². The summed E-state index contributed by atoms with van der Waals surface area (Å²) in [6, 6.07) is 5.72. The summed E-state index contributed by atoms with van der Waals surface area (Å²) in [4.78, 5) is 0. The maximum Gasteiger partial charge on any atom is 0.418 e. The van der Waals surface area contributed by atoms with E-state index in [0.29, 0.717) is 0 Å². The molecular formula is C10H14F2Si.